The summed E-state index contributed by atoms with van der Waals surface area (Å²) < 4.78 is 24.0. The number of aromatic amines is 1. The molecule has 3 rings (SSSR count). The Morgan fingerprint density at radius 3 is 2.75 bits per heavy atom. The van der Waals surface area contributed by atoms with Gasteiger partial charge in [-0.1, -0.05) is 17.3 Å². The molecule has 0 saturated carbocycles. The molecule has 1 aromatic carbocycles. The van der Waals surface area contributed by atoms with E-state index in [0.717, 1.165) is 0 Å². The molecule has 0 aliphatic carbocycles. The number of esters is 1. The summed E-state index contributed by atoms with van der Waals surface area (Å²) in [5.41, 5.74) is 0.711. The molecule has 0 atom stereocenters. The van der Waals surface area contributed by atoms with Gasteiger partial charge in [0, 0.05) is 30.3 Å². The summed E-state index contributed by atoms with van der Waals surface area (Å²) in [4.78, 5) is 26.4. The lowest BCUT2D eigenvalue weighted by Crippen LogP contribution is -2.03. The third-order valence-corrected chi connectivity index (χ3v) is 3.39. The predicted octanol–water partition coefficient (Wildman–Crippen LogP) is 3.27. The van der Waals surface area contributed by atoms with Crippen molar-refractivity contribution in [2.45, 2.75) is 13.8 Å². The highest BCUT2D eigenvalue weighted by atomic mass is 19.1. The number of nitrogens with zero attached hydrogens (tertiary/aromatic N) is 1. The first kappa shape index (κ1) is 15.7. The van der Waals surface area contributed by atoms with Crippen LogP contribution in [0.15, 0.2) is 41.1 Å². The van der Waals surface area contributed by atoms with Gasteiger partial charge in [0.15, 0.2) is 0 Å². The van der Waals surface area contributed by atoms with Crippen molar-refractivity contribution in [3.8, 4) is 17.1 Å². The van der Waals surface area contributed by atoms with E-state index in [2.05, 4.69) is 10.1 Å². The van der Waals surface area contributed by atoms with Crippen molar-refractivity contribution in [2.75, 3.05) is 0 Å². The quantitative estimate of drug-likeness (QED) is 0.587. The fraction of sp³-hybridized carbons (Fsp3) is 0.118. The van der Waals surface area contributed by atoms with Crippen LogP contribution in [0.3, 0.4) is 0 Å². The minimum Gasteiger partial charge on any atom is -0.410 e. The fourth-order valence-corrected chi connectivity index (χ4v) is 2.34. The topological polar surface area (TPSA) is 85.2 Å². The van der Waals surface area contributed by atoms with Crippen LogP contribution in [0.25, 0.3) is 11.3 Å². The first-order chi connectivity index (χ1) is 11.5. The van der Waals surface area contributed by atoms with Crippen molar-refractivity contribution in [2.24, 2.45) is 0 Å². The van der Waals surface area contributed by atoms with E-state index < -0.39 is 17.6 Å². The minimum absolute atomic E-state index is 0.130. The number of ketones is 1. The van der Waals surface area contributed by atoms with Crippen molar-refractivity contribution in [1.82, 2.24) is 10.1 Å². The maximum Gasteiger partial charge on any atom is 0.309 e. The van der Waals surface area contributed by atoms with Gasteiger partial charge in [-0.15, -0.1) is 0 Å². The van der Waals surface area contributed by atoms with E-state index in [1.165, 1.54) is 31.3 Å². The summed E-state index contributed by atoms with van der Waals surface area (Å²) in [6.45, 7) is 2.83. The lowest BCUT2D eigenvalue weighted by Gasteiger charge is -2.02. The Bertz CT molecular complexity index is 926. The van der Waals surface area contributed by atoms with Gasteiger partial charge in [-0.05, 0) is 19.1 Å². The summed E-state index contributed by atoms with van der Waals surface area (Å²) in [6, 6.07) is 7.38. The van der Waals surface area contributed by atoms with Crippen LogP contribution in [-0.4, -0.2) is 21.9 Å². The molecular weight excluding hydrogens is 315 g/mol. The SMILES string of the molecule is CC(=O)Oc1cc(C(=O)c2c(-c3ccccc3F)noc2C)c[nH]1. The van der Waals surface area contributed by atoms with Crippen molar-refractivity contribution in [3.05, 3.63) is 59.2 Å². The zero-order valence-electron chi connectivity index (χ0n) is 12.9. The van der Waals surface area contributed by atoms with Gasteiger partial charge in [-0.25, -0.2) is 4.39 Å². The largest absolute Gasteiger partial charge is 0.410 e. The summed E-state index contributed by atoms with van der Waals surface area (Å²) in [5, 5.41) is 3.82. The molecule has 0 unspecified atom stereocenters. The molecule has 0 spiro atoms. The Balaban J connectivity index is 2.02. The zero-order chi connectivity index (χ0) is 17.3. The Morgan fingerprint density at radius 2 is 2.04 bits per heavy atom. The summed E-state index contributed by atoms with van der Waals surface area (Å²) in [6.07, 6.45) is 1.40. The number of nitrogens with one attached hydrogen (secondary N) is 1. The van der Waals surface area contributed by atoms with Gasteiger partial charge < -0.3 is 14.2 Å². The van der Waals surface area contributed by atoms with Crippen LogP contribution >= 0.6 is 0 Å². The first-order valence-corrected chi connectivity index (χ1v) is 7.10. The molecule has 0 aliphatic heterocycles. The van der Waals surface area contributed by atoms with Gasteiger partial charge in [0.05, 0.1) is 5.56 Å². The lowest BCUT2D eigenvalue weighted by molar-refractivity contribution is -0.132. The highest BCUT2D eigenvalue weighted by molar-refractivity contribution is 6.13. The van der Waals surface area contributed by atoms with E-state index >= 15 is 0 Å². The van der Waals surface area contributed by atoms with Crippen LogP contribution < -0.4 is 4.74 Å². The molecule has 6 nitrogen and oxygen atoms in total. The average molecular weight is 328 g/mol. The van der Waals surface area contributed by atoms with E-state index in [9.17, 15) is 14.0 Å². The smallest absolute Gasteiger partial charge is 0.309 e. The number of aryl methyl sites for hydroxylation is 1. The van der Waals surface area contributed by atoms with Gasteiger partial charge in [-0.2, -0.15) is 0 Å². The third kappa shape index (κ3) is 2.83. The van der Waals surface area contributed by atoms with Crippen LogP contribution in [0.1, 0.15) is 28.6 Å². The molecular formula is C17H13FN2O4. The summed E-state index contributed by atoms with van der Waals surface area (Å²) in [7, 11) is 0. The predicted molar refractivity (Wildman–Crippen MR) is 82.2 cm³/mol. The molecule has 0 amide bonds. The number of benzene rings is 1. The van der Waals surface area contributed by atoms with E-state index in [1.54, 1.807) is 19.1 Å². The number of aromatic nitrogens is 2. The monoisotopic (exact) mass is 328 g/mol. The minimum atomic E-state index is -0.510. The van der Waals surface area contributed by atoms with E-state index in [-0.39, 0.29) is 34.0 Å². The van der Waals surface area contributed by atoms with Gasteiger partial charge in [0.1, 0.15) is 17.3 Å². The molecule has 1 N–H and O–H groups in total. The molecule has 0 aliphatic rings. The first-order valence-electron chi connectivity index (χ1n) is 7.10. The molecule has 122 valence electrons. The standard InChI is InChI=1S/C17H13FN2O4/c1-9-15(16(20-24-9)12-5-3-4-6-13(12)18)17(22)11-7-14(19-8-11)23-10(2)21/h3-8,19H,1-2H3. The molecule has 0 fully saturated rings. The molecule has 2 aromatic heterocycles. The van der Waals surface area contributed by atoms with Crippen LogP contribution in [0.4, 0.5) is 4.39 Å². The Labute approximate surface area is 136 Å². The number of carbonyl (C=O) groups excluding carboxylic acids is 2. The molecule has 0 saturated heterocycles. The van der Waals surface area contributed by atoms with Gasteiger partial charge in [0.2, 0.25) is 11.7 Å². The Morgan fingerprint density at radius 1 is 1.29 bits per heavy atom. The highest BCUT2D eigenvalue weighted by Gasteiger charge is 2.25. The van der Waals surface area contributed by atoms with Crippen LogP contribution in [0, 0.1) is 12.7 Å². The van der Waals surface area contributed by atoms with Crippen molar-refractivity contribution < 1.29 is 23.2 Å². The second-order valence-corrected chi connectivity index (χ2v) is 5.12. The van der Waals surface area contributed by atoms with Crippen molar-refractivity contribution in [3.63, 3.8) is 0 Å². The Kier molecular flexibility index (Phi) is 3.99. The Hall–Kier alpha value is -3.22. The third-order valence-electron chi connectivity index (χ3n) is 3.39. The van der Waals surface area contributed by atoms with Gasteiger partial charge >= 0.3 is 5.97 Å². The maximum absolute atomic E-state index is 14.0. The van der Waals surface area contributed by atoms with Gasteiger partial charge in [-0.3, -0.25) is 9.59 Å². The molecule has 0 bridgehead atoms. The number of hydrogen-bond acceptors (Lipinski definition) is 5. The van der Waals surface area contributed by atoms with Crippen molar-refractivity contribution >= 4 is 11.8 Å². The summed E-state index contributed by atoms with van der Waals surface area (Å²) in [5.74, 6) is -1.01. The average Bonchev–Trinajstić information content (AvgIpc) is 3.13. The van der Waals surface area contributed by atoms with Crippen LogP contribution in [-0.2, 0) is 4.79 Å². The van der Waals surface area contributed by atoms with Crippen LogP contribution in [0.2, 0.25) is 0 Å². The normalized spacial score (nSPS) is 10.6. The second-order valence-electron chi connectivity index (χ2n) is 5.12. The second kappa shape index (κ2) is 6.11. The highest BCUT2D eigenvalue weighted by Crippen LogP contribution is 2.29. The number of ether oxygens (including phenoxy) is 1. The summed E-state index contributed by atoms with van der Waals surface area (Å²) >= 11 is 0. The molecule has 0 radical (unpaired) electrons. The van der Waals surface area contributed by atoms with Crippen molar-refractivity contribution in [1.29, 1.82) is 0 Å². The van der Waals surface area contributed by atoms with E-state index in [0.29, 0.717) is 0 Å². The molecule has 7 heteroatoms. The zero-order valence-corrected chi connectivity index (χ0v) is 12.9. The van der Waals surface area contributed by atoms with Crippen LogP contribution in [0.5, 0.6) is 5.88 Å². The van der Waals surface area contributed by atoms with Gasteiger partial charge in [0.25, 0.3) is 0 Å². The number of hydrogen-bond donors (Lipinski definition) is 1. The molecule has 2 heterocycles. The molecule has 24 heavy (non-hydrogen) atoms. The van der Waals surface area contributed by atoms with E-state index in [1.807, 2.05) is 0 Å². The number of H-pyrrole nitrogens is 1. The van der Waals surface area contributed by atoms with E-state index in [4.69, 9.17) is 9.26 Å². The number of rotatable bonds is 4. The maximum atomic E-state index is 14.0. The number of halogens is 1. The molecule has 3 aromatic rings. The lowest BCUT2D eigenvalue weighted by atomic mass is 9.99. The fourth-order valence-electron chi connectivity index (χ4n) is 2.34. The number of carbonyl (C=O) groups is 2.